The van der Waals surface area contributed by atoms with Crippen molar-refractivity contribution in [3.8, 4) is 0 Å². The molecule has 1 saturated carbocycles. The summed E-state index contributed by atoms with van der Waals surface area (Å²) in [7, 11) is 0. The molecule has 1 heterocycles. The summed E-state index contributed by atoms with van der Waals surface area (Å²) in [6.07, 6.45) is 3.68. The highest BCUT2D eigenvalue weighted by atomic mass is 16.4. The van der Waals surface area contributed by atoms with Crippen molar-refractivity contribution in [3.05, 3.63) is 11.8 Å². The van der Waals surface area contributed by atoms with Crippen LogP contribution in [0, 0.1) is 5.92 Å². The average molecular weight is 195 g/mol. The third-order valence-corrected chi connectivity index (χ3v) is 2.75. The first-order valence-electron chi connectivity index (χ1n) is 4.67. The van der Waals surface area contributed by atoms with Gasteiger partial charge in [0.1, 0.15) is 11.4 Å². The molecule has 0 aliphatic heterocycles. The van der Waals surface area contributed by atoms with Gasteiger partial charge in [-0.1, -0.05) is 0 Å². The quantitative estimate of drug-likeness (QED) is 0.757. The van der Waals surface area contributed by atoms with Crippen LogP contribution in [0.5, 0.6) is 0 Å². The van der Waals surface area contributed by atoms with E-state index < -0.39 is 5.97 Å². The van der Waals surface area contributed by atoms with Gasteiger partial charge in [-0.25, -0.2) is 9.48 Å². The zero-order valence-corrected chi connectivity index (χ0v) is 7.97. The number of carboxylic acids is 1. The van der Waals surface area contributed by atoms with Crippen molar-refractivity contribution >= 4 is 11.8 Å². The van der Waals surface area contributed by atoms with Gasteiger partial charge in [0, 0.05) is 0 Å². The standard InChI is InChI=1S/C9H13N3O2/c1-5(6-2-3-6)12-8(10)7(4-11-12)9(13)14/h4-6H,2-3,10H2,1H3,(H,13,14). The Hall–Kier alpha value is -1.52. The maximum atomic E-state index is 10.7. The van der Waals surface area contributed by atoms with Gasteiger partial charge in [0.05, 0.1) is 12.2 Å². The van der Waals surface area contributed by atoms with Crippen molar-refractivity contribution in [2.75, 3.05) is 5.73 Å². The van der Waals surface area contributed by atoms with Crippen LogP contribution in [0.3, 0.4) is 0 Å². The van der Waals surface area contributed by atoms with Crippen LogP contribution in [0.15, 0.2) is 6.20 Å². The third kappa shape index (κ3) is 1.34. The van der Waals surface area contributed by atoms with E-state index in [0.717, 1.165) is 0 Å². The predicted octanol–water partition coefficient (Wildman–Crippen LogP) is 1.13. The van der Waals surface area contributed by atoms with Gasteiger partial charge in [0.25, 0.3) is 0 Å². The monoisotopic (exact) mass is 195 g/mol. The third-order valence-electron chi connectivity index (χ3n) is 2.75. The smallest absolute Gasteiger partial charge is 0.341 e. The maximum absolute atomic E-state index is 10.7. The molecule has 1 aromatic heterocycles. The first-order valence-corrected chi connectivity index (χ1v) is 4.67. The number of aromatic nitrogens is 2. The maximum Gasteiger partial charge on any atom is 0.341 e. The Morgan fingerprint density at radius 3 is 2.86 bits per heavy atom. The van der Waals surface area contributed by atoms with Crippen LogP contribution < -0.4 is 5.73 Å². The Morgan fingerprint density at radius 1 is 1.79 bits per heavy atom. The van der Waals surface area contributed by atoms with E-state index in [9.17, 15) is 4.79 Å². The van der Waals surface area contributed by atoms with Crippen molar-refractivity contribution < 1.29 is 9.90 Å². The highest BCUT2D eigenvalue weighted by molar-refractivity contribution is 5.92. The Bertz CT molecular complexity index is 368. The number of anilines is 1. The molecule has 0 aromatic carbocycles. The molecule has 14 heavy (non-hydrogen) atoms. The molecule has 0 saturated heterocycles. The van der Waals surface area contributed by atoms with Crippen LogP contribution in [0.1, 0.15) is 36.2 Å². The molecule has 2 rings (SSSR count). The molecule has 1 aliphatic rings. The number of nitrogens with zero attached hydrogens (tertiary/aromatic N) is 2. The van der Waals surface area contributed by atoms with E-state index >= 15 is 0 Å². The molecule has 1 atom stereocenters. The molecular formula is C9H13N3O2. The van der Waals surface area contributed by atoms with Crippen LogP contribution in [0.25, 0.3) is 0 Å². The summed E-state index contributed by atoms with van der Waals surface area (Å²) < 4.78 is 1.61. The summed E-state index contributed by atoms with van der Waals surface area (Å²) in [6.45, 7) is 2.02. The lowest BCUT2D eigenvalue weighted by Crippen LogP contribution is -2.13. The second-order valence-electron chi connectivity index (χ2n) is 3.77. The molecule has 1 aromatic rings. The van der Waals surface area contributed by atoms with Gasteiger partial charge in [0.2, 0.25) is 0 Å². The second kappa shape index (κ2) is 3.01. The van der Waals surface area contributed by atoms with Gasteiger partial charge in [0.15, 0.2) is 0 Å². The molecule has 1 unspecified atom stereocenters. The van der Waals surface area contributed by atoms with Crippen molar-refractivity contribution in [1.82, 2.24) is 9.78 Å². The van der Waals surface area contributed by atoms with Crippen molar-refractivity contribution in [2.24, 2.45) is 5.92 Å². The number of nitrogens with two attached hydrogens (primary N) is 1. The molecule has 5 heteroatoms. The zero-order chi connectivity index (χ0) is 10.3. The second-order valence-corrected chi connectivity index (χ2v) is 3.77. The number of hydrogen-bond donors (Lipinski definition) is 2. The van der Waals surface area contributed by atoms with Crippen LogP contribution in [-0.4, -0.2) is 20.9 Å². The summed E-state index contributed by atoms with van der Waals surface area (Å²) in [4.78, 5) is 10.7. The topological polar surface area (TPSA) is 81.1 Å². The molecule has 0 amide bonds. The van der Waals surface area contributed by atoms with E-state index in [1.54, 1.807) is 4.68 Å². The van der Waals surface area contributed by atoms with Gasteiger partial charge in [-0.2, -0.15) is 5.10 Å². The minimum Gasteiger partial charge on any atom is -0.477 e. The molecule has 5 nitrogen and oxygen atoms in total. The number of carbonyl (C=O) groups is 1. The lowest BCUT2D eigenvalue weighted by molar-refractivity contribution is 0.0698. The number of nitrogen functional groups attached to an aromatic ring is 1. The number of aromatic carboxylic acids is 1. The minimum atomic E-state index is -1.02. The van der Waals surface area contributed by atoms with Crippen LogP contribution in [-0.2, 0) is 0 Å². The summed E-state index contributed by atoms with van der Waals surface area (Å²) in [5, 5.41) is 12.8. The first kappa shape index (κ1) is 9.05. The van der Waals surface area contributed by atoms with E-state index in [2.05, 4.69) is 5.10 Å². The van der Waals surface area contributed by atoms with Gasteiger partial charge >= 0.3 is 5.97 Å². The average Bonchev–Trinajstić information content (AvgIpc) is 2.88. The Balaban J connectivity index is 2.30. The van der Waals surface area contributed by atoms with Crippen LogP contribution >= 0.6 is 0 Å². The Kier molecular flexibility index (Phi) is 1.94. The van der Waals surface area contributed by atoms with Crippen molar-refractivity contribution in [2.45, 2.75) is 25.8 Å². The largest absolute Gasteiger partial charge is 0.477 e. The van der Waals surface area contributed by atoms with Gasteiger partial charge in [-0.3, -0.25) is 0 Å². The highest BCUT2D eigenvalue weighted by Gasteiger charge is 2.31. The van der Waals surface area contributed by atoms with E-state index in [1.807, 2.05) is 6.92 Å². The summed E-state index contributed by atoms with van der Waals surface area (Å²) in [5.41, 5.74) is 5.79. The summed E-state index contributed by atoms with van der Waals surface area (Å²) in [5.74, 6) is -0.146. The molecule has 0 bridgehead atoms. The molecule has 0 spiro atoms. The molecule has 1 fully saturated rings. The molecule has 3 N–H and O–H groups in total. The van der Waals surface area contributed by atoms with Gasteiger partial charge < -0.3 is 10.8 Å². The number of carboxylic acid groups (broad SMARTS) is 1. The summed E-state index contributed by atoms with van der Waals surface area (Å²) >= 11 is 0. The fourth-order valence-electron chi connectivity index (χ4n) is 1.64. The van der Waals surface area contributed by atoms with E-state index in [0.29, 0.717) is 5.92 Å². The summed E-state index contributed by atoms with van der Waals surface area (Å²) in [6, 6.07) is 0.211. The van der Waals surface area contributed by atoms with E-state index in [4.69, 9.17) is 10.8 Å². The first-order chi connectivity index (χ1) is 6.61. The van der Waals surface area contributed by atoms with Gasteiger partial charge in [-0.05, 0) is 25.7 Å². The fraction of sp³-hybridized carbons (Fsp3) is 0.556. The molecule has 0 radical (unpaired) electrons. The molecule has 1 aliphatic carbocycles. The van der Waals surface area contributed by atoms with Crippen molar-refractivity contribution in [1.29, 1.82) is 0 Å². The number of rotatable bonds is 3. The zero-order valence-electron chi connectivity index (χ0n) is 7.97. The lowest BCUT2D eigenvalue weighted by Gasteiger charge is -2.12. The van der Waals surface area contributed by atoms with Gasteiger partial charge in [-0.15, -0.1) is 0 Å². The Labute approximate surface area is 81.5 Å². The minimum absolute atomic E-state index is 0.0949. The van der Waals surface area contributed by atoms with Crippen LogP contribution in [0.2, 0.25) is 0 Å². The molecular weight excluding hydrogens is 182 g/mol. The van der Waals surface area contributed by atoms with Crippen molar-refractivity contribution in [3.63, 3.8) is 0 Å². The highest BCUT2D eigenvalue weighted by Crippen LogP contribution is 2.40. The normalized spacial score (nSPS) is 18.1. The SMILES string of the molecule is CC(C1CC1)n1ncc(C(=O)O)c1N. The van der Waals surface area contributed by atoms with E-state index in [1.165, 1.54) is 19.0 Å². The lowest BCUT2D eigenvalue weighted by atomic mass is 10.2. The molecule has 76 valence electrons. The fourth-order valence-corrected chi connectivity index (χ4v) is 1.64. The Morgan fingerprint density at radius 2 is 2.43 bits per heavy atom. The van der Waals surface area contributed by atoms with E-state index in [-0.39, 0.29) is 17.4 Å². The van der Waals surface area contributed by atoms with Crippen LogP contribution in [0.4, 0.5) is 5.82 Å². The predicted molar refractivity (Wildman–Crippen MR) is 51.0 cm³/mol. The number of hydrogen-bond acceptors (Lipinski definition) is 3.